The van der Waals surface area contributed by atoms with Gasteiger partial charge in [-0.05, 0) is 24.3 Å². The third-order valence-electron chi connectivity index (χ3n) is 3.35. The van der Waals surface area contributed by atoms with Crippen molar-refractivity contribution >= 4 is 44.9 Å². The monoisotopic (exact) mass is 412 g/mol. The van der Waals surface area contributed by atoms with E-state index in [4.69, 9.17) is 4.74 Å². The number of carbonyl (C=O) groups excluding carboxylic acids is 1. The summed E-state index contributed by atoms with van der Waals surface area (Å²) in [7, 11) is 0. The summed E-state index contributed by atoms with van der Waals surface area (Å²) in [6.45, 7) is -0.0224. The largest absolute Gasteiger partial charge is 0.398 e. The molecular weight excluding hydrogens is 397 g/mol. The molecule has 1 amide bonds. The number of hydrogen-bond acceptors (Lipinski definition) is 5. The van der Waals surface area contributed by atoms with Crippen LogP contribution in [-0.4, -0.2) is 29.4 Å². The maximum Gasteiger partial charge on any atom is 0.398 e. The van der Waals surface area contributed by atoms with Crippen LogP contribution >= 0.6 is 23.1 Å². The number of amides is 1. The minimum absolute atomic E-state index is 0.192. The molecule has 0 saturated heterocycles. The van der Waals surface area contributed by atoms with Crippen molar-refractivity contribution in [2.24, 2.45) is 0 Å². The van der Waals surface area contributed by atoms with Crippen molar-refractivity contribution in [3.63, 3.8) is 0 Å². The van der Waals surface area contributed by atoms with Crippen molar-refractivity contribution in [1.29, 1.82) is 0 Å². The van der Waals surface area contributed by atoms with Gasteiger partial charge in [0, 0.05) is 4.90 Å². The molecule has 0 aliphatic heterocycles. The number of para-hydroxylation sites is 2. The summed E-state index contributed by atoms with van der Waals surface area (Å²) in [5.41, 5.74) is 1.21. The maximum absolute atomic E-state index is 12.4. The number of rotatable bonds is 7. The van der Waals surface area contributed by atoms with Gasteiger partial charge in [0.15, 0.2) is 0 Å². The van der Waals surface area contributed by atoms with Gasteiger partial charge in [-0.1, -0.05) is 24.3 Å². The molecule has 0 fully saturated rings. The number of anilines is 1. The minimum atomic E-state index is -4.28. The van der Waals surface area contributed by atoms with Crippen LogP contribution in [-0.2, 0) is 16.1 Å². The molecule has 9 heteroatoms. The SMILES string of the molecule is O=C(COCc1nc2ccccc2s1)Nc1ccccc1SCC(F)(F)F. The van der Waals surface area contributed by atoms with E-state index in [2.05, 4.69) is 10.3 Å². The lowest BCUT2D eigenvalue weighted by Crippen LogP contribution is -2.19. The number of nitrogens with zero attached hydrogens (tertiary/aromatic N) is 1. The van der Waals surface area contributed by atoms with Crippen LogP contribution in [0.25, 0.3) is 10.2 Å². The summed E-state index contributed by atoms with van der Waals surface area (Å²) in [5.74, 6) is -1.45. The standard InChI is InChI=1S/C18H15F3N2O2S2/c19-18(20,21)11-26-14-7-3-1-5-12(14)22-16(24)9-25-10-17-23-13-6-2-4-8-15(13)27-17/h1-8H,9-11H2,(H,22,24). The highest BCUT2D eigenvalue weighted by Gasteiger charge is 2.27. The van der Waals surface area contributed by atoms with Gasteiger partial charge in [0.25, 0.3) is 0 Å². The Morgan fingerprint density at radius 3 is 2.67 bits per heavy atom. The number of halogens is 3. The maximum atomic E-state index is 12.4. The molecule has 1 heterocycles. The smallest absolute Gasteiger partial charge is 0.364 e. The number of nitrogens with one attached hydrogen (secondary N) is 1. The van der Waals surface area contributed by atoms with Gasteiger partial charge in [0.2, 0.25) is 5.91 Å². The van der Waals surface area contributed by atoms with Crippen LogP contribution in [0, 0.1) is 0 Å². The number of aromatic nitrogens is 1. The molecular formula is C18H15F3N2O2S2. The van der Waals surface area contributed by atoms with Crippen molar-refractivity contribution in [3.05, 3.63) is 53.5 Å². The van der Waals surface area contributed by atoms with E-state index in [1.807, 2.05) is 24.3 Å². The van der Waals surface area contributed by atoms with Crippen molar-refractivity contribution in [2.75, 3.05) is 17.7 Å². The number of benzene rings is 2. The number of fused-ring (bicyclic) bond motifs is 1. The second kappa shape index (κ2) is 8.73. The highest BCUT2D eigenvalue weighted by atomic mass is 32.2. The van der Waals surface area contributed by atoms with Gasteiger partial charge in [-0.3, -0.25) is 4.79 Å². The average Bonchev–Trinajstić information content (AvgIpc) is 3.03. The molecule has 0 spiro atoms. The molecule has 142 valence electrons. The summed E-state index contributed by atoms with van der Waals surface area (Å²) in [4.78, 5) is 16.8. The van der Waals surface area contributed by atoms with Crippen molar-refractivity contribution < 1.29 is 22.7 Å². The van der Waals surface area contributed by atoms with Gasteiger partial charge in [-0.2, -0.15) is 13.2 Å². The Balaban J connectivity index is 1.52. The first kappa shape index (κ1) is 19.7. The van der Waals surface area contributed by atoms with Crippen molar-refractivity contribution in [1.82, 2.24) is 4.98 Å². The zero-order valence-electron chi connectivity index (χ0n) is 14.0. The van der Waals surface area contributed by atoms with Gasteiger partial charge < -0.3 is 10.1 Å². The fourth-order valence-electron chi connectivity index (χ4n) is 2.25. The van der Waals surface area contributed by atoms with E-state index < -0.39 is 17.8 Å². The minimum Gasteiger partial charge on any atom is -0.364 e. The van der Waals surface area contributed by atoms with E-state index in [-0.39, 0.29) is 13.2 Å². The second-order valence-corrected chi connectivity index (χ2v) is 7.65. The number of carbonyl (C=O) groups is 1. The van der Waals surface area contributed by atoms with Crippen molar-refractivity contribution in [3.8, 4) is 0 Å². The predicted molar refractivity (Wildman–Crippen MR) is 101 cm³/mol. The predicted octanol–water partition coefficient (Wildman–Crippen LogP) is 5.11. The summed E-state index contributed by atoms with van der Waals surface area (Å²) in [6, 6.07) is 14.0. The van der Waals surface area contributed by atoms with Crippen LogP contribution in [0.5, 0.6) is 0 Å². The number of ether oxygens (including phenoxy) is 1. The Kier molecular flexibility index (Phi) is 6.35. The molecule has 0 unspecified atom stereocenters. The lowest BCUT2D eigenvalue weighted by Gasteiger charge is -2.12. The van der Waals surface area contributed by atoms with E-state index in [9.17, 15) is 18.0 Å². The average molecular weight is 412 g/mol. The second-order valence-electron chi connectivity index (χ2n) is 5.52. The molecule has 0 aliphatic rings. The highest BCUT2D eigenvalue weighted by Crippen LogP contribution is 2.32. The van der Waals surface area contributed by atoms with Crippen molar-refractivity contribution in [2.45, 2.75) is 17.7 Å². The molecule has 0 aliphatic carbocycles. The van der Waals surface area contributed by atoms with Gasteiger partial charge in [0.1, 0.15) is 11.6 Å². The molecule has 2 aromatic carbocycles. The number of thiazole rings is 1. The first-order valence-corrected chi connectivity index (χ1v) is 9.71. The molecule has 4 nitrogen and oxygen atoms in total. The lowest BCUT2D eigenvalue weighted by atomic mass is 10.3. The number of hydrogen-bond donors (Lipinski definition) is 1. The van der Waals surface area contributed by atoms with E-state index in [0.29, 0.717) is 22.3 Å². The number of thioether (sulfide) groups is 1. The Hall–Kier alpha value is -2.10. The Bertz CT molecular complexity index is 895. The van der Waals surface area contributed by atoms with E-state index >= 15 is 0 Å². The van der Waals surface area contributed by atoms with Crippen LogP contribution in [0.3, 0.4) is 0 Å². The Labute approximate surface area is 161 Å². The first-order valence-electron chi connectivity index (χ1n) is 7.91. The molecule has 3 rings (SSSR count). The molecule has 1 aromatic heterocycles. The van der Waals surface area contributed by atoms with Gasteiger partial charge in [0.05, 0.1) is 28.3 Å². The third kappa shape index (κ3) is 5.95. The van der Waals surface area contributed by atoms with E-state index in [1.165, 1.54) is 17.4 Å². The molecule has 0 saturated carbocycles. The molecule has 0 radical (unpaired) electrons. The van der Waals surface area contributed by atoms with Crippen LogP contribution in [0.4, 0.5) is 18.9 Å². The Morgan fingerprint density at radius 1 is 1.15 bits per heavy atom. The number of alkyl halides is 3. The molecule has 3 aromatic rings. The van der Waals surface area contributed by atoms with Crippen LogP contribution in [0.2, 0.25) is 0 Å². The van der Waals surface area contributed by atoms with Crippen LogP contribution in [0.15, 0.2) is 53.4 Å². The summed E-state index contributed by atoms with van der Waals surface area (Å²) < 4.78 is 43.6. The first-order chi connectivity index (χ1) is 12.9. The van der Waals surface area contributed by atoms with E-state index in [0.717, 1.165) is 15.2 Å². The normalized spacial score (nSPS) is 11.7. The Morgan fingerprint density at radius 2 is 1.89 bits per heavy atom. The lowest BCUT2D eigenvalue weighted by molar-refractivity contribution is -0.121. The van der Waals surface area contributed by atoms with Gasteiger partial charge in [-0.25, -0.2) is 4.98 Å². The van der Waals surface area contributed by atoms with Crippen LogP contribution < -0.4 is 5.32 Å². The summed E-state index contributed by atoms with van der Waals surface area (Å²) >= 11 is 2.12. The molecule has 27 heavy (non-hydrogen) atoms. The molecule has 0 bridgehead atoms. The fourth-order valence-corrected chi connectivity index (χ4v) is 3.93. The summed E-state index contributed by atoms with van der Waals surface area (Å²) in [5, 5.41) is 3.35. The molecule has 1 N–H and O–H groups in total. The quantitative estimate of drug-likeness (QED) is 0.548. The highest BCUT2D eigenvalue weighted by molar-refractivity contribution is 7.99. The topological polar surface area (TPSA) is 51.2 Å². The summed E-state index contributed by atoms with van der Waals surface area (Å²) in [6.07, 6.45) is -4.28. The molecule has 0 atom stereocenters. The van der Waals surface area contributed by atoms with Crippen LogP contribution in [0.1, 0.15) is 5.01 Å². The zero-order valence-corrected chi connectivity index (χ0v) is 15.6. The van der Waals surface area contributed by atoms with Gasteiger partial charge in [-0.15, -0.1) is 23.1 Å². The fraction of sp³-hybridized carbons (Fsp3) is 0.222. The van der Waals surface area contributed by atoms with Gasteiger partial charge >= 0.3 is 6.18 Å². The zero-order chi connectivity index (χ0) is 19.3. The third-order valence-corrected chi connectivity index (χ3v) is 5.50. The van der Waals surface area contributed by atoms with E-state index in [1.54, 1.807) is 18.2 Å².